The topological polar surface area (TPSA) is 133 Å². The average Bonchev–Trinajstić information content (AvgIpc) is 3.58. The summed E-state index contributed by atoms with van der Waals surface area (Å²) < 4.78 is 25.4. The highest BCUT2D eigenvalue weighted by Gasteiger charge is 2.31. The van der Waals surface area contributed by atoms with Crippen molar-refractivity contribution in [3.8, 4) is 0 Å². The van der Waals surface area contributed by atoms with Crippen molar-refractivity contribution in [1.29, 1.82) is 0 Å². The number of nitrogens with zero attached hydrogens (tertiary/aromatic N) is 6. The van der Waals surface area contributed by atoms with Crippen LogP contribution in [0.15, 0.2) is 28.3 Å². The lowest BCUT2D eigenvalue weighted by Gasteiger charge is -2.18. The zero-order valence-electron chi connectivity index (χ0n) is 16.4. The number of anilines is 1. The van der Waals surface area contributed by atoms with Crippen molar-refractivity contribution in [2.24, 2.45) is 5.92 Å². The Balaban J connectivity index is 1.65. The van der Waals surface area contributed by atoms with E-state index in [0.29, 0.717) is 22.9 Å². The van der Waals surface area contributed by atoms with Crippen LogP contribution in [0.1, 0.15) is 38.6 Å². The minimum Gasteiger partial charge on any atom is -0.358 e. The second-order valence-electron chi connectivity index (χ2n) is 7.15. The summed E-state index contributed by atoms with van der Waals surface area (Å²) in [5.74, 6) is 0.835. The Bertz CT molecular complexity index is 1260. The molecular formula is C18H20ClN7O3S. The van der Waals surface area contributed by atoms with E-state index in [1.54, 1.807) is 11.5 Å². The van der Waals surface area contributed by atoms with Gasteiger partial charge >= 0.3 is 0 Å². The Morgan fingerprint density at radius 3 is 2.53 bits per heavy atom. The smallest absolute Gasteiger partial charge is 0.295 e. The molecule has 1 aliphatic rings. The average molecular weight is 450 g/mol. The van der Waals surface area contributed by atoms with Gasteiger partial charge in [0.05, 0.1) is 18.5 Å². The Hall–Kier alpha value is -2.66. The quantitative estimate of drug-likeness (QED) is 0.537. The number of hydrogen-bond acceptors (Lipinski definition) is 9. The van der Waals surface area contributed by atoms with Crippen LogP contribution in [-0.4, -0.2) is 43.7 Å². The summed E-state index contributed by atoms with van der Waals surface area (Å²) in [4.78, 5) is 33.9. The van der Waals surface area contributed by atoms with Crippen molar-refractivity contribution < 1.29 is 8.42 Å². The monoisotopic (exact) mass is 449 g/mol. The maximum absolute atomic E-state index is 13.1. The van der Waals surface area contributed by atoms with Gasteiger partial charge in [0.1, 0.15) is 16.2 Å². The molecule has 10 nitrogen and oxygen atoms in total. The molecule has 30 heavy (non-hydrogen) atoms. The summed E-state index contributed by atoms with van der Waals surface area (Å²) in [7, 11) is -3.37. The van der Waals surface area contributed by atoms with Gasteiger partial charge in [-0.05, 0) is 37.3 Å². The van der Waals surface area contributed by atoms with Crippen LogP contribution in [0.5, 0.6) is 0 Å². The number of aromatic nitrogens is 6. The van der Waals surface area contributed by atoms with Gasteiger partial charge in [-0.2, -0.15) is 4.98 Å². The lowest BCUT2D eigenvalue weighted by Crippen LogP contribution is -2.29. The van der Waals surface area contributed by atoms with Crippen LogP contribution in [-0.2, 0) is 16.4 Å². The second kappa shape index (κ2) is 7.88. The molecule has 158 valence electrons. The van der Waals surface area contributed by atoms with Gasteiger partial charge in [-0.25, -0.2) is 28.4 Å². The summed E-state index contributed by atoms with van der Waals surface area (Å²) in [6.07, 6.45) is 6.12. The van der Waals surface area contributed by atoms with E-state index in [2.05, 4.69) is 30.2 Å². The third-order valence-corrected chi connectivity index (χ3v) is 7.02. The standard InChI is InChI=1S/C18H20ClN7O3S/c1-3-30(28,29)12-6-20-14(21-7-12)9-22-15-17(27)26(10(2)11-4-5-11)16-13(24-15)8-23-18(19)25-16/h6-8,10-11H,3-5,9H2,1-2H3,(H,22,24). The molecule has 4 rings (SSSR count). The van der Waals surface area contributed by atoms with E-state index in [0.717, 1.165) is 12.8 Å². The van der Waals surface area contributed by atoms with E-state index < -0.39 is 9.84 Å². The van der Waals surface area contributed by atoms with Crippen molar-refractivity contribution in [2.75, 3.05) is 11.1 Å². The molecule has 3 aromatic rings. The van der Waals surface area contributed by atoms with Crippen LogP contribution in [0.2, 0.25) is 5.28 Å². The number of sulfone groups is 1. The summed E-state index contributed by atoms with van der Waals surface area (Å²) in [6.45, 7) is 3.64. The lowest BCUT2D eigenvalue weighted by atomic mass is 10.2. The van der Waals surface area contributed by atoms with Crippen molar-refractivity contribution >= 4 is 38.4 Å². The molecule has 0 amide bonds. The summed E-state index contributed by atoms with van der Waals surface area (Å²) in [6, 6.07) is -0.0516. The van der Waals surface area contributed by atoms with Gasteiger partial charge in [-0.15, -0.1) is 0 Å². The number of nitrogens with one attached hydrogen (secondary N) is 1. The normalized spacial score (nSPS) is 15.3. The molecule has 3 heterocycles. The minimum absolute atomic E-state index is 0.0280. The van der Waals surface area contributed by atoms with Gasteiger partial charge < -0.3 is 5.32 Å². The number of hydrogen-bond donors (Lipinski definition) is 1. The van der Waals surface area contributed by atoms with Gasteiger partial charge in [-0.1, -0.05) is 6.92 Å². The van der Waals surface area contributed by atoms with Crippen LogP contribution in [0.4, 0.5) is 5.82 Å². The second-order valence-corrected chi connectivity index (χ2v) is 9.77. The first-order chi connectivity index (χ1) is 14.3. The molecule has 0 spiro atoms. The lowest BCUT2D eigenvalue weighted by molar-refractivity contribution is 0.482. The SMILES string of the molecule is CCS(=O)(=O)c1cnc(CNc2nc3cnc(Cl)nc3n(C(C)C3CC3)c2=O)nc1. The van der Waals surface area contributed by atoms with E-state index in [9.17, 15) is 13.2 Å². The maximum Gasteiger partial charge on any atom is 0.295 e. The minimum atomic E-state index is -3.37. The molecule has 1 atom stereocenters. The van der Waals surface area contributed by atoms with Crippen molar-refractivity contribution in [2.45, 2.75) is 44.2 Å². The van der Waals surface area contributed by atoms with Gasteiger partial charge in [0.25, 0.3) is 5.56 Å². The molecule has 1 aliphatic carbocycles. The van der Waals surface area contributed by atoms with Gasteiger partial charge in [0.2, 0.25) is 5.28 Å². The number of rotatable bonds is 7. The van der Waals surface area contributed by atoms with Gasteiger partial charge in [-0.3, -0.25) is 9.36 Å². The Morgan fingerprint density at radius 1 is 1.20 bits per heavy atom. The van der Waals surface area contributed by atoms with Crippen LogP contribution in [0, 0.1) is 5.92 Å². The molecule has 0 radical (unpaired) electrons. The van der Waals surface area contributed by atoms with E-state index in [1.165, 1.54) is 18.6 Å². The number of halogens is 1. The first kappa shape index (κ1) is 20.6. The molecular weight excluding hydrogens is 430 g/mol. The zero-order valence-corrected chi connectivity index (χ0v) is 18.0. The van der Waals surface area contributed by atoms with Crippen LogP contribution >= 0.6 is 11.6 Å². The first-order valence-corrected chi connectivity index (χ1v) is 11.6. The molecule has 0 bridgehead atoms. The van der Waals surface area contributed by atoms with Crippen molar-refractivity contribution in [3.63, 3.8) is 0 Å². The van der Waals surface area contributed by atoms with Gasteiger partial charge in [0.15, 0.2) is 21.3 Å². The molecule has 0 aliphatic heterocycles. The maximum atomic E-state index is 13.1. The van der Waals surface area contributed by atoms with E-state index in [4.69, 9.17) is 11.6 Å². The molecule has 3 aromatic heterocycles. The van der Waals surface area contributed by atoms with Crippen molar-refractivity contribution in [3.05, 3.63) is 40.1 Å². The van der Waals surface area contributed by atoms with Gasteiger partial charge in [0, 0.05) is 18.4 Å². The van der Waals surface area contributed by atoms with Crippen LogP contribution < -0.4 is 10.9 Å². The fourth-order valence-electron chi connectivity index (χ4n) is 3.19. The highest BCUT2D eigenvalue weighted by Crippen LogP contribution is 2.39. The first-order valence-electron chi connectivity index (χ1n) is 9.52. The fraction of sp³-hybridized carbons (Fsp3) is 0.444. The summed E-state index contributed by atoms with van der Waals surface area (Å²) in [5.41, 5.74) is 0.525. The highest BCUT2D eigenvalue weighted by atomic mass is 35.5. The molecule has 1 fully saturated rings. The highest BCUT2D eigenvalue weighted by molar-refractivity contribution is 7.91. The van der Waals surface area contributed by atoms with E-state index in [-0.39, 0.29) is 39.9 Å². The predicted octanol–water partition coefficient (Wildman–Crippen LogP) is 2.01. The zero-order chi connectivity index (χ0) is 21.5. The Morgan fingerprint density at radius 2 is 1.90 bits per heavy atom. The van der Waals surface area contributed by atoms with Crippen LogP contribution in [0.3, 0.4) is 0 Å². The summed E-state index contributed by atoms with van der Waals surface area (Å²) >= 11 is 5.94. The Labute approximate surface area is 177 Å². The van der Waals surface area contributed by atoms with E-state index in [1.807, 2.05) is 6.92 Å². The molecule has 1 saturated carbocycles. The fourth-order valence-corrected chi connectivity index (χ4v) is 4.08. The third-order valence-electron chi connectivity index (χ3n) is 5.15. The molecule has 12 heteroatoms. The summed E-state index contributed by atoms with van der Waals surface area (Å²) in [5, 5.41) is 3.01. The molecule has 1 unspecified atom stereocenters. The number of fused-ring (bicyclic) bond motifs is 1. The predicted molar refractivity (Wildman–Crippen MR) is 111 cm³/mol. The Kier molecular flexibility index (Phi) is 5.41. The molecule has 0 saturated heterocycles. The molecule has 0 aromatic carbocycles. The molecule has 1 N–H and O–H groups in total. The van der Waals surface area contributed by atoms with Crippen LogP contribution in [0.25, 0.3) is 11.2 Å². The third kappa shape index (κ3) is 3.99. The largest absolute Gasteiger partial charge is 0.358 e. The van der Waals surface area contributed by atoms with Crippen molar-refractivity contribution in [1.82, 2.24) is 29.5 Å². The van der Waals surface area contributed by atoms with E-state index >= 15 is 0 Å².